The van der Waals surface area contributed by atoms with Gasteiger partial charge in [0.05, 0.1) is 6.04 Å². The number of amides is 4. The molecule has 0 aromatic carbocycles. The zero-order valence-electron chi connectivity index (χ0n) is 23.7. The second-order valence-corrected chi connectivity index (χ2v) is 12.7. The summed E-state index contributed by atoms with van der Waals surface area (Å²) in [6.07, 6.45) is 0.960. The summed E-state index contributed by atoms with van der Waals surface area (Å²) >= 11 is 0. The molecule has 2 fully saturated rings. The first-order chi connectivity index (χ1) is 16.9. The van der Waals surface area contributed by atoms with Crippen molar-refractivity contribution >= 4 is 29.6 Å². The lowest BCUT2D eigenvalue weighted by atomic mass is 9.85. The molecule has 3 N–H and O–H groups in total. The number of nitrogens with zero attached hydrogens (tertiary/aromatic N) is 1. The number of fused-ring (bicyclic) bond motifs is 1. The van der Waals surface area contributed by atoms with E-state index in [0.717, 1.165) is 0 Å². The molecule has 1 heterocycles. The zero-order valence-corrected chi connectivity index (χ0v) is 23.7. The Hall–Kier alpha value is -2.91. The molecule has 5 atom stereocenters. The van der Waals surface area contributed by atoms with Crippen LogP contribution >= 0.6 is 0 Å². The second-order valence-electron chi connectivity index (χ2n) is 12.7. The number of alkyl carbamates (subject to hydrolysis) is 1. The number of likely N-dealkylation sites (tertiary alicyclic amines) is 1. The number of hydrogen-bond acceptors (Lipinski definition) is 6. The maximum Gasteiger partial charge on any atom is 0.408 e. The Morgan fingerprint density at radius 1 is 1.08 bits per heavy atom. The Bertz CT molecular complexity index is 946. The van der Waals surface area contributed by atoms with Crippen LogP contribution in [-0.4, -0.2) is 71.3 Å². The van der Waals surface area contributed by atoms with E-state index in [1.165, 1.54) is 11.0 Å². The average Bonchev–Trinajstić information content (AvgIpc) is 3.09. The fraction of sp³-hybridized carbons (Fsp3) is 0.741. The minimum Gasteiger partial charge on any atom is -0.444 e. The highest BCUT2D eigenvalue weighted by Gasteiger charge is 2.69. The summed E-state index contributed by atoms with van der Waals surface area (Å²) in [5.41, 5.74) is -1.55. The van der Waals surface area contributed by atoms with Gasteiger partial charge in [-0.25, -0.2) is 4.79 Å². The van der Waals surface area contributed by atoms with E-state index in [1.54, 1.807) is 27.7 Å². The predicted molar refractivity (Wildman–Crippen MR) is 139 cm³/mol. The van der Waals surface area contributed by atoms with E-state index in [0.29, 0.717) is 6.54 Å². The van der Waals surface area contributed by atoms with E-state index >= 15 is 0 Å². The number of Topliss-reactive ketones (excluding diaryl/α,β-unsaturated/α-hetero) is 1. The normalized spacial score (nSPS) is 23.7. The first-order valence-corrected chi connectivity index (χ1v) is 12.9. The first kappa shape index (κ1) is 30.3. The van der Waals surface area contributed by atoms with Gasteiger partial charge in [0.15, 0.2) is 0 Å². The SMILES string of the molecule is C=CCNC(=O)C(=O)C(CC)NC(=O)[C@@H]1C2C(CN1C(=O)[C@@H](NC(=O)OC(C)(C)C)C(C)(C)C)C2(C)C. The van der Waals surface area contributed by atoms with Crippen molar-refractivity contribution in [3.8, 4) is 0 Å². The highest BCUT2D eigenvalue weighted by Crippen LogP contribution is 2.65. The first-order valence-electron chi connectivity index (χ1n) is 12.9. The van der Waals surface area contributed by atoms with E-state index in [4.69, 9.17) is 4.74 Å². The number of hydrogen-bond donors (Lipinski definition) is 3. The molecular formula is C27H44N4O6. The number of carbonyl (C=O) groups excluding carboxylic acids is 5. The number of piperidine rings is 1. The smallest absolute Gasteiger partial charge is 0.408 e. The number of carbonyl (C=O) groups is 5. The highest BCUT2D eigenvalue weighted by molar-refractivity contribution is 6.38. The fourth-order valence-electron chi connectivity index (χ4n) is 5.07. The lowest BCUT2D eigenvalue weighted by Crippen LogP contribution is -2.60. The maximum absolute atomic E-state index is 13.8. The van der Waals surface area contributed by atoms with E-state index in [9.17, 15) is 24.0 Å². The molecule has 1 saturated heterocycles. The Morgan fingerprint density at radius 3 is 2.16 bits per heavy atom. The molecule has 1 aliphatic heterocycles. The van der Waals surface area contributed by atoms with E-state index < -0.39 is 52.8 Å². The third-order valence-corrected chi connectivity index (χ3v) is 7.21. The molecule has 10 heteroatoms. The van der Waals surface area contributed by atoms with Gasteiger partial charge in [0, 0.05) is 13.1 Å². The topological polar surface area (TPSA) is 134 Å². The van der Waals surface area contributed by atoms with Gasteiger partial charge in [-0.1, -0.05) is 47.6 Å². The molecule has 10 nitrogen and oxygen atoms in total. The molecule has 1 saturated carbocycles. The van der Waals surface area contributed by atoms with E-state index in [1.807, 2.05) is 20.8 Å². The summed E-state index contributed by atoms with van der Waals surface area (Å²) < 4.78 is 5.38. The molecule has 2 rings (SSSR count). The molecule has 0 aromatic rings. The fourth-order valence-corrected chi connectivity index (χ4v) is 5.07. The standard InChI is InChI=1S/C27H44N4O6/c1-11-13-28-22(34)19(32)16(12-2)29-21(33)18-17-15(27(17,9)10)14-31(18)23(35)20(25(3,4)5)30-24(36)37-26(6,7)8/h11,15-18,20H,1,12-14H2,2-10H3,(H,28,34)(H,29,33)(H,30,36)/t15?,16?,17?,18-,20+/m0/s1. The number of ether oxygens (including phenoxy) is 1. The number of nitrogens with one attached hydrogen (secondary N) is 3. The third kappa shape index (κ3) is 6.90. The van der Waals surface area contributed by atoms with E-state index in [2.05, 4.69) is 36.4 Å². The van der Waals surface area contributed by atoms with Crippen LogP contribution < -0.4 is 16.0 Å². The molecule has 3 unspecified atom stereocenters. The van der Waals surface area contributed by atoms with Crippen LogP contribution in [0.15, 0.2) is 12.7 Å². The lowest BCUT2D eigenvalue weighted by Gasteiger charge is -2.38. The van der Waals surface area contributed by atoms with Crippen LogP contribution in [0.1, 0.15) is 68.7 Å². The Labute approximate surface area is 220 Å². The van der Waals surface area contributed by atoms with Gasteiger partial charge in [0.2, 0.25) is 17.6 Å². The van der Waals surface area contributed by atoms with Gasteiger partial charge in [-0.15, -0.1) is 6.58 Å². The molecule has 0 spiro atoms. The van der Waals surface area contributed by atoms with Crippen molar-refractivity contribution in [3.05, 3.63) is 12.7 Å². The molecule has 1 aliphatic carbocycles. The zero-order chi connectivity index (χ0) is 28.5. The molecule has 4 amide bonds. The van der Waals surface area contributed by atoms with Crippen molar-refractivity contribution in [1.29, 1.82) is 0 Å². The van der Waals surface area contributed by atoms with Gasteiger partial charge in [-0.05, 0) is 49.9 Å². The van der Waals surface area contributed by atoms with Gasteiger partial charge in [-0.3, -0.25) is 19.2 Å². The third-order valence-electron chi connectivity index (χ3n) is 7.21. The van der Waals surface area contributed by atoms with Crippen LogP contribution in [0.4, 0.5) is 4.79 Å². The number of rotatable bonds is 9. The van der Waals surface area contributed by atoms with Crippen molar-refractivity contribution in [2.75, 3.05) is 13.1 Å². The van der Waals surface area contributed by atoms with Crippen LogP contribution in [0, 0.1) is 22.7 Å². The maximum atomic E-state index is 13.8. The van der Waals surface area contributed by atoms with E-state index in [-0.39, 0.29) is 36.1 Å². The molecular weight excluding hydrogens is 476 g/mol. The van der Waals surface area contributed by atoms with Gasteiger partial charge in [-0.2, -0.15) is 0 Å². The summed E-state index contributed by atoms with van der Waals surface area (Å²) in [5, 5.41) is 7.86. The minimum absolute atomic E-state index is 0.0965. The monoisotopic (exact) mass is 520 g/mol. The summed E-state index contributed by atoms with van der Waals surface area (Å²) in [4.78, 5) is 66.3. The van der Waals surface area contributed by atoms with Gasteiger partial charge in [0.25, 0.3) is 5.91 Å². The Morgan fingerprint density at radius 2 is 1.68 bits per heavy atom. The predicted octanol–water partition coefficient (Wildman–Crippen LogP) is 2.17. The highest BCUT2D eigenvalue weighted by atomic mass is 16.6. The molecule has 0 bridgehead atoms. The van der Waals surface area contributed by atoms with Gasteiger partial charge in [0.1, 0.15) is 17.7 Å². The van der Waals surface area contributed by atoms with Crippen molar-refractivity contribution < 1.29 is 28.7 Å². The summed E-state index contributed by atoms with van der Waals surface area (Å²) in [6.45, 7) is 20.5. The lowest BCUT2D eigenvalue weighted by molar-refractivity contribution is -0.145. The van der Waals surface area contributed by atoms with Gasteiger partial charge >= 0.3 is 6.09 Å². The average molecular weight is 521 g/mol. The largest absolute Gasteiger partial charge is 0.444 e. The quantitative estimate of drug-likeness (QED) is 0.315. The summed E-state index contributed by atoms with van der Waals surface area (Å²) in [6, 6.07) is -2.78. The second kappa shape index (κ2) is 10.8. The van der Waals surface area contributed by atoms with Crippen LogP contribution in [0.5, 0.6) is 0 Å². The number of ketones is 1. The van der Waals surface area contributed by atoms with Crippen molar-refractivity contribution in [2.24, 2.45) is 22.7 Å². The van der Waals surface area contributed by atoms with Crippen molar-refractivity contribution in [2.45, 2.75) is 92.5 Å². The van der Waals surface area contributed by atoms with Crippen LogP contribution in [-0.2, 0) is 23.9 Å². The molecule has 208 valence electrons. The van der Waals surface area contributed by atoms with Crippen molar-refractivity contribution in [1.82, 2.24) is 20.9 Å². The molecule has 0 radical (unpaired) electrons. The minimum atomic E-state index is -1.02. The van der Waals surface area contributed by atoms with Crippen LogP contribution in [0.25, 0.3) is 0 Å². The molecule has 0 aromatic heterocycles. The van der Waals surface area contributed by atoms with Crippen molar-refractivity contribution in [3.63, 3.8) is 0 Å². The van der Waals surface area contributed by atoms with Crippen LogP contribution in [0.2, 0.25) is 0 Å². The summed E-state index contributed by atoms with van der Waals surface area (Å²) in [7, 11) is 0. The Kier molecular flexibility index (Phi) is 8.87. The Balaban J connectivity index is 2.28. The van der Waals surface area contributed by atoms with Gasteiger partial charge < -0.3 is 25.6 Å². The van der Waals surface area contributed by atoms with Crippen LogP contribution in [0.3, 0.4) is 0 Å². The molecule has 37 heavy (non-hydrogen) atoms. The molecule has 2 aliphatic rings. The summed E-state index contributed by atoms with van der Waals surface area (Å²) in [5.74, 6) is -2.40.